The van der Waals surface area contributed by atoms with Crippen molar-refractivity contribution in [3.63, 3.8) is 0 Å². The number of guanidine groups is 1. The van der Waals surface area contributed by atoms with Crippen LogP contribution in [0.15, 0.2) is 4.99 Å². The molecule has 4 N–H and O–H groups in total. The molecule has 12 heavy (non-hydrogen) atoms. The molecular formula is C8H18N4. The van der Waals surface area contributed by atoms with Gasteiger partial charge < -0.3 is 16.4 Å². The average Bonchev–Trinajstić information content (AvgIpc) is 2.09. The molecule has 0 atom stereocenters. The monoisotopic (exact) mass is 170 g/mol. The molecule has 4 nitrogen and oxygen atoms in total. The number of nitrogens with zero attached hydrogens (tertiary/aromatic N) is 2. The molecule has 0 spiro atoms. The van der Waals surface area contributed by atoms with Gasteiger partial charge in [-0.15, -0.1) is 0 Å². The Bertz CT molecular complexity index is 155. The molecule has 1 rings (SSSR count). The van der Waals surface area contributed by atoms with Crippen molar-refractivity contribution in [3.05, 3.63) is 0 Å². The standard InChI is InChI=1S/C8H18N4/c9-4-1-2-6-12-7-3-5-11-8(12)10/h1-7,9H2,(H2,10,11). The van der Waals surface area contributed by atoms with Crippen molar-refractivity contribution in [2.75, 3.05) is 26.2 Å². The number of unbranched alkanes of at least 4 members (excludes halogenated alkanes) is 1. The first-order chi connectivity index (χ1) is 5.84. The van der Waals surface area contributed by atoms with E-state index in [1.807, 2.05) is 0 Å². The minimum absolute atomic E-state index is 0.707. The molecule has 70 valence electrons. The van der Waals surface area contributed by atoms with E-state index < -0.39 is 0 Å². The van der Waals surface area contributed by atoms with Crippen molar-refractivity contribution in [1.82, 2.24) is 4.90 Å². The quantitative estimate of drug-likeness (QED) is 0.571. The van der Waals surface area contributed by atoms with Gasteiger partial charge in [0.05, 0.1) is 0 Å². The van der Waals surface area contributed by atoms with Gasteiger partial charge in [0.1, 0.15) is 0 Å². The molecular weight excluding hydrogens is 152 g/mol. The Morgan fingerprint density at radius 2 is 2.25 bits per heavy atom. The predicted octanol–water partition coefficient (Wildman–Crippen LogP) is -0.254. The molecule has 0 aromatic carbocycles. The van der Waals surface area contributed by atoms with Gasteiger partial charge in [0.2, 0.25) is 0 Å². The zero-order chi connectivity index (χ0) is 8.81. The highest BCUT2D eigenvalue weighted by Gasteiger charge is 2.10. The maximum atomic E-state index is 5.71. The van der Waals surface area contributed by atoms with Gasteiger partial charge in [0, 0.05) is 19.6 Å². The average molecular weight is 170 g/mol. The zero-order valence-electron chi connectivity index (χ0n) is 7.50. The summed E-state index contributed by atoms with van der Waals surface area (Å²) >= 11 is 0. The Morgan fingerprint density at radius 1 is 1.42 bits per heavy atom. The van der Waals surface area contributed by atoms with Crippen LogP contribution in [0.2, 0.25) is 0 Å². The predicted molar refractivity (Wildman–Crippen MR) is 51.0 cm³/mol. The number of nitrogens with two attached hydrogens (primary N) is 2. The molecule has 0 fully saturated rings. The summed E-state index contributed by atoms with van der Waals surface area (Å²) < 4.78 is 0. The Kier molecular flexibility index (Phi) is 3.87. The minimum atomic E-state index is 0.707. The number of hydrogen-bond donors (Lipinski definition) is 2. The van der Waals surface area contributed by atoms with E-state index in [1.54, 1.807) is 0 Å². The molecule has 0 amide bonds. The molecule has 1 aliphatic rings. The van der Waals surface area contributed by atoms with E-state index in [0.717, 1.165) is 45.4 Å². The summed E-state index contributed by atoms with van der Waals surface area (Å²) in [5.41, 5.74) is 11.1. The van der Waals surface area contributed by atoms with E-state index in [-0.39, 0.29) is 0 Å². The second kappa shape index (κ2) is 4.98. The lowest BCUT2D eigenvalue weighted by Crippen LogP contribution is -2.41. The SMILES string of the molecule is NCCCCN1CCCN=C1N. The number of aliphatic imine (C=N–C) groups is 1. The maximum absolute atomic E-state index is 5.71. The summed E-state index contributed by atoms with van der Waals surface area (Å²) in [4.78, 5) is 6.32. The summed E-state index contributed by atoms with van der Waals surface area (Å²) in [6.45, 7) is 3.72. The Labute approximate surface area is 73.6 Å². The molecule has 1 heterocycles. The molecule has 1 aliphatic heterocycles. The van der Waals surface area contributed by atoms with Gasteiger partial charge in [-0.25, -0.2) is 0 Å². The Balaban J connectivity index is 2.21. The van der Waals surface area contributed by atoms with Gasteiger partial charge in [-0.2, -0.15) is 0 Å². The van der Waals surface area contributed by atoms with E-state index in [2.05, 4.69) is 9.89 Å². The second-order valence-corrected chi connectivity index (χ2v) is 3.08. The summed E-state index contributed by atoms with van der Waals surface area (Å²) in [7, 11) is 0. The van der Waals surface area contributed by atoms with Crippen LogP contribution in [0.4, 0.5) is 0 Å². The van der Waals surface area contributed by atoms with Gasteiger partial charge in [-0.3, -0.25) is 4.99 Å². The second-order valence-electron chi connectivity index (χ2n) is 3.08. The van der Waals surface area contributed by atoms with Crippen LogP contribution >= 0.6 is 0 Å². The Morgan fingerprint density at radius 3 is 2.92 bits per heavy atom. The van der Waals surface area contributed by atoms with E-state index in [4.69, 9.17) is 11.5 Å². The van der Waals surface area contributed by atoms with Gasteiger partial charge in [0.15, 0.2) is 5.96 Å². The third-order valence-corrected chi connectivity index (χ3v) is 2.07. The van der Waals surface area contributed by atoms with Crippen LogP contribution in [-0.4, -0.2) is 37.0 Å². The van der Waals surface area contributed by atoms with Gasteiger partial charge in [0.25, 0.3) is 0 Å². The number of rotatable bonds is 4. The lowest BCUT2D eigenvalue weighted by atomic mass is 10.2. The lowest BCUT2D eigenvalue weighted by Gasteiger charge is -2.26. The summed E-state index contributed by atoms with van der Waals surface area (Å²) in [5.74, 6) is 0.707. The van der Waals surface area contributed by atoms with Crippen molar-refractivity contribution in [3.8, 4) is 0 Å². The van der Waals surface area contributed by atoms with Crippen LogP contribution in [0.25, 0.3) is 0 Å². The van der Waals surface area contributed by atoms with E-state index in [1.165, 1.54) is 0 Å². The third kappa shape index (κ3) is 2.70. The molecule has 0 aliphatic carbocycles. The fraction of sp³-hybridized carbons (Fsp3) is 0.875. The van der Waals surface area contributed by atoms with Crippen molar-refractivity contribution in [1.29, 1.82) is 0 Å². The zero-order valence-corrected chi connectivity index (χ0v) is 7.50. The van der Waals surface area contributed by atoms with Crippen molar-refractivity contribution >= 4 is 5.96 Å². The van der Waals surface area contributed by atoms with Gasteiger partial charge >= 0.3 is 0 Å². The third-order valence-electron chi connectivity index (χ3n) is 2.07. The van der Waals surface area contributed by atoms with E-state index in [0.29, 0.717) is 5.96 Å². The summed E-state index contributed by atoms with van der Waals surface area (Å²) in [5, 5.41) is 0. The molecule has 0 radical (unpaired) electrons. The van der Waals surface area contributed by atoms with Crippen molar-refractivity contribution in [2.45, 2.75) is 19.3 Å². The molecule has 0 bridgehead atoms. The molecule has 0 saturated carbocycles. The van der Waals surface area contributed by atoms with E-state index >= 15 is 0 Å². The highest BCUT2D eigenvalue weighted by atomic mass is 15.3. The molecule has 0 aromatic rings. The van der Waals surface area contributed by atoms with Gasteiger partial charge in [-0.05, 0) is 25.8 Å². The summed E-state index contributed by atoms with van der Waals surface area (Å²) in [6.07, 6.45) is 3.32. The van der Waals surface area contributed by atoms with Crippen LogP contribution in [0, 0.1) is 0 Å². The van der Waals surface area contributed by atoms with Crippen molar-refractivity contribution in [2.24, 2.45) is 16.5 Å². The fourth-order valence-electron chi connectivity index (χ4n) is 1.34. The normalized spacial score (nSPS) is 17.8. The number of hydrogen-bond acceptors (Lipinski definition) is 4. The molecule has 0 saturated heterocycles. The van der Waals surface area contributed by atoms with Crippen molar-refractivity contribution < 1.29 is 0 Å². The van der Waals surface area contributed by atoms with Crippen LogP contribution < -0.4 is 11.5 Å². The molecule has 4 heteroatoms. The lowest BCUT2D eigenvalue weighted by molar-refractivity contribution is 0.379. The maximum Gasteiger partial charge on any atom is 0.191 e. The van der Waals surface area contributed by atoms with Crippen LogP contribution in [0.5, 0.6) is 0 Å². The minimum Gasteiger partial charge on any atom is -0.370 e. The smallest absolute Gasteiger partial charge is 0.191 e. The first-order valence-corrected chi connectivity index (χ1v) is 4.59. The van der Waals surface area contributed by atoms with Gasteiger partial charge in [-0.1, -0.05) is 0 Å². The van der Waals surface area contributed by atoms with E-state index in [9.17, 15) is 0 Å². The summed E-state index contributed by atoms with van der Waals surface area (Å²) in [6, 6.07) is 0. The molecule has 0 aromatic heterocycles. The Hall–Kier alpha value is -0.770. The highest BCUT2D eigenvalue weighted by Crippen LogP contribution is 2.01. The first kappa shape index (κ1) is 9.32. The first-order valence-electron chi connectivity index (χ1n) is 4.59. The van der Waals surface area contributed by atoms with Crippen LogP contribution in [-0.2, 0) is 0 Å². The van der Waals surface area contributed by atoms with Crippen LogP contribution in [0.1, 0.15) is 19.3 Å². The fourth-order valence-corrected chi connectivity index (χ4v) is 1.34. The van der Waals surface area contributed by atoms with Crippen LogP contribution in [0.3, 0.4) is 0 Å². The largest absolute Gasteiger partial charge is 0.370 e. The highest BCUT2D eigenvalue weighted by molar-refractivity contribution is 5.78. The topological polar surface area (TPSA) is 67.6 Å². The molecule has 0 unspecified atom stereocenters.